The zero-order valence-corrected chi connectivity index (χ0v) is 14.2. The van der Waals surface area contributed by atoms with Crippen LogP contribution in [0.25, 0.3) is 0 Å². The molecule has 1 aromatic carbocycles. The molecule has 0 saturated carbocycles. The van der Waals surface area contributed by atoms with E-state index in [9.17, 15) is 22.8 Å². The van der Waals surface area contributed by atoms with Gasteiger partial charge in [0, 0.05) is 26.2 Å². The van der Waals surface area contributed by atoms with Gasteiger partial charge >= 0.3 is 6.18 Å². The number of benzene rings is 1. The van der Waals surface area contributed by atoms with Crippen molar-refractivity contribution in [2.75, 3.05) is 25.5 Å². The van der Waals surface area contributed by atoms with E-state index in [1.807, 2.05) is 0 Å². The van der Waals surface area contributed by atoms with E-state index in [2.05, 4.69) is 9.97 Å². The van der Waals surface area contributed by atoms with Crippen LogP contribution in [0.1, 0.15) is 27.2 Å². The predicted molar refractivity (Wildman–Crippen MR) is 89.1 cm³/mol. The standard InChI is InChI=1S/C17H17F3N4O2/c1-23(2)16-21-13-9-24(8-7-11(13)14(25)22-16)15(26)10-5-3-4-6-12(10)17(18,19)20/h3-6H,7-9H2,1-2H3,(H,21,22,25). The van der Waals surface area contributed by atoms with E-state index in [1.165, 1.54) is 17.0 Å². The summed E-state index contributed by atoms with van der Waals surface area (Å²) in [4.78, 5) is 34.7. The molecule has 1 N–H and O–H groups in total. The quantitative estimate of drug-likeness (QED) is 0.883. The summed E-state index contributed by atoms with van der Waals surface area (Å²) in [6.07, 6.45) is -4.38. The number of amides is 1. The van der Waals surface area contributed by atoms with Crippen LogP contribution in [0.5, 0.6) is 0 Å². The lowest BCUT2D eigenvalue weighted by molar-refractivity contribution is -0.138. The molecule has 26 heavy (non-hydrogen) atoms. The number of aromatic amines is 1. The molecule has 2 heterocycles. The average molecular weight is 366 g/mol. The highest BCUT2D eigenvalue weighted by Gasteiger charge is 2.36. The van der Waals surface area contributed by atoms with E-state index < -0.39 is 23.2 Å². The summed E-state index contributed by atoms with van der Waals surface area (Å²) in [7, 11) is 3.41. The number of H-pyrrole nitrogens is 1. The molecule has 3 rings (SSSR count). The van der Waals surface area contributed by atoms with Crippen LogP contribution in [0, 0.1) is 0 Å². The molecule has 0 unspecified atom stereocenters. The van der Waals surface area contributed by atoms with Gasteiger partial charge in [-0.05, 0) is 18.6 Å². The van der Waals surface area contributed by atoms with Crippen molar-refractivity contribution in [3.8, 4) is 0 Å². The van der Waals surface area contributed by atoms with E-state index in [1.54, 1.807) is 19.0 Å². The Labute approximate surface area is 147 Å². The number of carbonyl (C=O) groups is 1. The summed E-state index contributed by atoms with van der Waals surface area (Å²) in [5.41, 5.74) is -0.795. The Kier molecular flexibility index (Phi) is 4.47. The highest BCUT2D eigenvalue weighted by Crippen LogP contribution is 2.32. The average Bonchev–Trinajstić information content (AvgIpc) is 2.59. The number of alkyl halides is 3. The molecule has 0 aliphatic carbocycles. The van der Waals surface area contributed by atoms with Gasteiger partial charge in [-0.1, -0.05) is 12.1 Å². The van der Waals surface area contributed by atoms with Gasteiger partial charge in [-0.2, -0.15) is 13.2 Å². The molecular formula is C17H17F3N4O2. The first kappa shape index (κ1) is 18.0. The van der Waals surface area contributed by atoms with Gasteiger partial charge in [0.2, 0.25) is 5.95 Å². The Morgan fingerprint density at radius 3 is 2.62 bits per heavy atom. The van der Waals surface area contributed by atoms with Crippen molar-refractivity contribution < 1.29 is 18.0 Å². The van der Waals surface area contributed by atoms with Crippen molar-refractivity contribution in [1.29, 1.82) is 0 Å². The maximum absolute atomic E-state index is 13.2. The van der Waals surface area contributed by atoms with E-state index in [0.29, 0.717) is 17.2 Å². The lowest BCUT2D eigenvalue weighted by Gasteiger charge is -2.29. The molecule has 1 aromatic heterocycles. The maximum Gasteiger partial charge on any atom is 0.417 e. The smallest absolute Gasteiger partial charge is 0.348 e. The van der Waals surface area contributed by atoms with Crippen molar-refractivity contribution in [3.63, 3.8) is 0 Å². The van der Waals surface area contributed by atoms with Crippen LogP contribution in [0.15, 0.2) is 29.1 Å². The number of nitrogens with zero attached hydrogens (tertiary/aromatic N) is 3. The second-order valence-electron chi connectivity index (χ2n) is 6.23. The summed E-state index contributed by atoms with van der Waals surface area (Å²) in [5, 5.41) is 0. The molecule has 0 saturated heterocycles. The molecule has 1 aliphatic heterocycles. The summed E-state index contributed by atoms with van der Waals surface area (Å²) < 4.78 is 39.5. The normalized spacial score (nSPS) is 14.1. The molecule has 6 nitrogen and oxygen atoms in total. The van der Waals surface area contributed by atoms with Crippen LogP contribution in [-0.4, -0.2) is 41.4 Å². The molecule has 2 aromatic rings. The van der Waals surface area contributed by atoms with Crippen molar-refractivity contribution in [2.45, 2.75) is 19.1 Å². The molecule has 0 spiro atoms. The van der Waals surface area contributed by atoms with Gasteiger partial charge in [-0.25, -0.2) is 4.98 Å². The summed E-state index contributed by atoms with van der Waals surface area (Å²) in [6, 6.07) is 4.69. The van der Waals surface area contributed by atoms with Gasteiger partial charge in [-0.15, -0.1) is 0 Å². The summed E-state index contributed by atoms with van der Waals surface area (Å²) >= 11 is 0. The predicted octanol–water partition coefficient (Wildman–Crippen LogP) is 2.05. The third-order valence-corrected chi connectivity index (χ3v) is 4.23. The van der Waals surface area contributed by atoms with Gasteiger partial charge < -0.3 is 9.80 Å². The van der Waals surface area contributed by atoms with Gasteiger partial charge in [0.15, 0.2) is 0 Å². The number of aromatic nitrogens is 2. The number of hydrogen-bond acceptors (Lipinski definition) is 4. The van der Waals surface area contributed by atoms with Crippen LogP contribution in [-0.2, 0) is 19.1 Å². The number of hydrogen-bond donors (Lipinski definition) is 1. The Morgan fingerprint density at radius 1 is 1.27 bits per heavy atom. The molecule has 9 heteroatoms. The van der Waals surface area contributed by atoms with Crippen LogP contribution < -0.4 is 10.5 Å². The number of halogens is 3. The Balaban J connectivity index is 1.95. The minimum atomic E-state index is -4.62. The fourth-order valence-corrected chi connectivity index (χ4v) is 2.90. The van der Waals surface area contributed by atoms with Crippen LogP contribution in [0.2, 0.25) is 0 Å². The van der Waals surface area contributed by atoms with Crippen molar-refractivity contribution in [2.24, 2.45) is 0 Å². The Hall–Kier alpha value is -2.84. The SMILES string of the molecule is CN(C)c1nc2c(c(=O)[nH]1)CCN(C(=O)c1ccccc1C(F)(F)F)C2. The summed E-state index contributed by atoms with van der Waals surface area (Å²) in [6.45, 7) is 0.148. The second kappa shape index (κ2) is 6.47. The zero-order valence-electron chi connectivity index (χ0n) is 14.2. The minimum absolute atomic E-state index is 0.00881. The van der Waals surface area contributed by atoms with Crippen molar-refractivity contribution in [1.82, 2.24) is 14.9 Å². The fourth-order valence-electron chi connectivity index (χ4n) is 2.90. The first-order valence-corrected chi connectivity index (χ1v) is 7.93. The molecule has 138 valence electrons. The van der Waals surface area contributed by atoms with Crippen LogP contribution in [0.4, 0.5) is 19.1 Å². The summed E-state index contributed by atoms with van der Waals surface area (Å²) in [5.74, 6) is -0.393. The van der Waals surface area contributed by atoms with Crippen molar-refractivity contribution in [3.05, 3.63) is 57.0 Å². The maximum atomic E-state index is 13.2. The fraction of sp³-hybridized carbons (Fsp3) is 0.353. The van der Waals surface area contributed by atoms with E-state index >= 15 is 0 Å². The third kappa shape index (κ3) is 3.29. The molecule has 0 bridgehead atoms. The molecule has 0 atom stereocenters. The lowest BCUT2D eigenvalue weighted by Crippen LogP contribution is -2.40. The topological polar surface area (TPSA) is 69.3 Å². The molecular weight excluding hydrogens is 349 g/mol. The van der Waals surface area contributed by atoms with Gasteiger partial charge in [0.25, 0.3) is 11.5 Å². The Bertz CT molecular complexity index is 906. The third-order valence-electron chi connectivity index (χ3n) is 4.23. The highest BCUT2D eigenvalue weighted by molar-refractivity contribution is 5.96. The molecule has 0 fully saturated rings. The minimum Gasteiger partial charge on any atom is -0.348 e. The number of fused-ring (bicyclic) bond motifs is 1. The number of carbonyl (C=O) groups excluding carboxylic acids is 1. The van der Waals surface area contributed by atoms with Crippen LogP contribution >= 0.6 is 0 Å². The Morgan fingerprint density at radius 2 is 1.96 bits per heavy atom. The van der Waals surface area contributed by atoms with E-state index in [-0.39, 0.29) is 25.1 Å². The van der Waals surface area contributed by atoms with Gasteiger partial charge in [-0.3, -0.25) is 14.6 Å². The first-order chi connectivity index (χ1) is 12.2. The first-order valence-electron chi connectivity index (χ1n) is 7.93. The number of rotatable bonds is 2. The molecule has 1 amide bonds. The largest absolute Gasteiger partial charge is 0.417 e. The van der Waals surface area contributed by atoms with E-state index in [0.717, 1.165) is 12.1 Å². The molecule has 1 aliphatic rings. The zero-order chi connectivity index (χ0) is 19.1. The van der Waals surface area contributed by atoms with Crippen molar-refractivity contribution >= 4 is 11.9 Å². The van der Waals surface area contributed by atoms with Crippen LogP contribution in [0.3, 0.4) is 0 Å². The lowest BCUT2D eigenvalue weighted by atomic mass is 10.0. The van der Waals surface area contributed by atoms with E-state index in [4.69, 9.17) is 0 Å². The second-order valence-corrected chi connectivity index (χ2v) is 6.23. The number of nitrogens with one attached hydrogen (secondary N) is 1. The highest BCUT2D eigenvalue weighted by atomic mass is 19.4. The van der Waals surface area contributed by atoms with Gasteiger partial charge in [0.1, 0.15) is 0 Å². The number of anilines is 1. The molecule has 0 radical (unpaired) electrons. The van der Waals surface area contributed by atoms with Gasteiger partial charge in [0.05, 0.1) is 23.4 Å². The monoisotopic (exact) mass is 366 g/mol.